The minimum absolute atomic E-state index is 0.0513. The summed E-state index contributed by atoms with van der Waals surface area (Å²) in [5.41, 5.74) is 0.822. The van der Waals surface area contributed by atoms with Crippen LogP contribution in [-0.2, 0) is 4.79 Å². The molecule has 2 atom stereocenters. The second-order valence-electron chi connectivity index (χ2n) is 4.13. The maximum absolute atomic E-state index is 10.8. The van der Waals surface area contributed by atoms with Crippen molar-refractivity contribution in [3.8, 4) is 5.75 Å². The summed E-state index contributed by atoms with van der Waals surface area (Å²) in [5, 5.41) is 12.7. The van der Waals surface area contributed by atoms with Gasteiger partial charge in [0.1, 0.15) is 5.75 Å². The van der Waals surface area contributed by atoms with Gasteiger partial charge in [-0.3, -0.25) is 4.79 Å². The van der Waals surface area contributed by atoms with E-state index in [9.17, 15) is 9.90 Å². The molecule has 0 aliphatic heterocycles. The SMILES string of the molecule is COc1ccc([C@H](O)C[C@H](C)NC(C)=O)cc1. The Bertz CT molecular complexity index is 361. The zero-order valence-corrected chi connectivity index (χ0v) is 10.4. The summed E-state index contributed by atoms with van der Waals surface area (Å²) < 4.78 is 5.04. The van der Waals surface area contributed by atoms with Crippen LogP contribution >= 0.6 is 0 Å². The van der Waals surface area contributed by atoms with Gasteiger partial charge in [-0.1, -0.05) is 12.1 Å². The zero-order chi connectivity index (χ0) is 12.8. The maximum Gasteiger partial charge on any atom is 0.217 e. The fourth-order valence-corrected chi connectivity index (χ4v) is 1.70. The zero-order valence-electron chi connectivity index (χ0n) is 10.4. The van der Waals surface area contributed by atoms with Crippen molar-refractivity contribution in [3.63, 3.8) is 0 Å². The number of rotatable bonds is 5. The topological polar surface area (TPSA) is 58.6 Å². The van der Waals surface area contributed by atoms with Crippen molar-refractivity contribution in [2.45, 2.75) is 32.4 Å². The smallest absolute Gasteiger partial charge is 0.217 e. The average Bonchev–Trinajstić information content (AvgIpc) is 2.28. The Morgan fingerprint density at radius 3 is 2.47 bits per heavy atom. The standard InChI is InChI=1S/C13H19NO3/c1-9(14-10(2)15)8-13(16)11-4-6-12(17-3)7-5-11/h4-7,9,13,16H,8H2,1-3H3,(H,14,15)/t9-,13+/m0/s1. The minimum atomic E-state index is -0.581. The van der Waals surface area contributed by atoms with Crippen LogP contribution in [0.3, 0.4) is 0 Å². The molecule has 4 nitrogen and oxygen atoms in total. The average molecular weight is 237 g/mol. The normalized spacial score (nSPS) is 13.9. The second kappa shape index (κ2) is 6.25. The van der Waals surface area contributed by atoms with Crippen LogP contribution in [0.15, 0.2) is 24.3 Å². The Kier molecular flexibility index (Phi) is 4.97. The van der Waals surface area contributed by atoms with Gasteiger partial charge in [0.05, 0.1) is 13.2 Å². The van der Waals surface area contributed by atoms with Crippen LogP contribution in [0.5, 0.6) is 5.75 Å². The van der Waals surface area contributed by atoms with Crippen molar-refractivity contribution >= 4 is 5.91 Å². The molecule has 2 N–H and O–H groups in total. The van der Waals surface area contributed by atoms with Crippen molar-refractivity contribution in [3.05, 3.63) is 29.8 Å². The van der Waals surface area contributed by atoms with Crippen LogP contribution in [0, 0.1) is 0 Å². The lowest BCUT2D eigenvalue weighted by atomic mass is 10.0. The molecule has 1 aromatic rings. The molecule has 0 fully saturated rings. The molecule has 0 bridgehead atoms. The minimum Gasteiger partial charge on any atom is -0.497 e. The molecule has 1 amide bonds. The molecule has 0 saturated heterocycles. The molecule has 0 radical (unpaired) electrons. The Labute approximate surface area is 102 Å². The maximum atomic E-state index is 10.8. The van der Waals surface area contributed by atoms with E-state index in [0.717, 1.165) is 11.3 Å². The van der Waals surface area contributed by atoms with Crippen LogP contribution in [-0.4, -0.2) is 24.2 Å². The molecule has 0 saturated carbocycles. The molecular weight excluding hydrogens is 218 g/mol. The van der Waals surface area contributed by atoms with Gasteiger partial charge in [0.25, 0.3) is 0 Å². The van der Waals surface area contributed by atoms with Crippen molar-refractivity contribution in [2.24, 2.45) is 0 Å². The summed E-state index contributed by atoms with van der Waals surface area (Å²) in [7, 11) is 1.60. The number of aliphatic hydroxyl groups is 1. The molecule has 0 aliphatic rings. The van der Waals surface area contributed by atoms with E-state index in [1.165, 1.54) is 6.92 Å². The van der Waals surface area contributed by atoms with Gasteiger partial charge in [-0.15, -0.1) is 0 Å². The van der Waals surface area contributed by atoms with E-state index in [1.54, 1.807) is 7.11 Å². The number of carbonyl (C=O) groups excluding carboxylic acids is 1. The summed E-state index contributed by atoms with van der Waals surface area (Å²) in [6.45, 7) is 3.34. The highest BCUT2D eigenvalue weighted by molar-refractivity contribution is 5.73. The first kappa shape index (κ1) is 13.5. The summed E-state index contributed by atoms with van der Waals surface area (Å²) >= 11 is 0. The number of benzene rings is 1. The predicted octanol–water partition coefficient (Wildman–Crippen LogP) is 1.64. The molecule has 0 unspecified atom stereocenters. The number of ether oxygens (including phenoxy) is 1. The highest BCUT2D eigenvalue weighted by Gasteiger charge is 2.13. The highest BCUT2D eigenvalue weighted by Crippen LogP contribution is 2.21. The summed E-state index contributed by atoms with van der Waals surface area (Å²) in [6.07, 6.45) is -0.0888. The number of aliphatic hydroxyl groups excluding tert-OH is 1. The van der Waals surface area contributed by atoms with E-state index in [-0.39, 0.29) is 11.9 Å². The van der Waals surface area contributed by atoms with Crippen LogP contribution in [0.4, 0.5) is 0 Å². The number of hydrogen-bond acceptors (Lipinski definition) is 3. The molecule has 1 rings (SSSR count). The number of hydrogen-bond donors (Lipinski definition) is 2. The lowest BCUT2D eigenvalue weighted by Gasteiger charge is -2.17. The molecule has 0 aromatic heterocycles. The van der Waals surface area contributed by atoms with Gasteiger partial charge in [0.2, 0.25) is 5.91 Å². The first-order chi connectivity index (χ1) is 8.02. The van der Waals surface area contributed by atoms with Gasteiger partial charge in [-0.2, -0.15) is 0 Å². The van der Waals surface area contributed by atoms with Gasteiger partial charge >= 0.3 is 0 Å². The van der Waals surface area contributed by atoms with Crippen molar-refractivity contribution < 1.29 is 14.6 Å². The molecule has 0 heterocycles. The quantitative estimate of drug-likeness (QED) is 0.818. The summed E-state index contributed by atoms with van der Waals surface area (Å²) in [4.78, 5) is 10.8. The van der Waals surface area contributed by atoms with Crippen molar-refractivity contribution in [1.82, 2.24) is 5.32 Å². The Balaban J connectivity index is 2.56. The van der Waals surface area contributed by atoms with Crippen molar-refractivity contribution in [1.29, 1.82) is 0 Å². The van der Waals surface area contributed by atoms with Crippen molar-refractivity contribution in [2.75, 3.05) is 7.11 Å². The monoisotopic (exact) mass is 237 g/mol. The van der Waals surface area contributed by atoms with E-state index >= 15 is 0 Å². The fraction of sp³-hybridized carbons (Fsp3) is 0.462. The van der Waals surface area contributed by atoms with Gasteiger partial charge in [-0.05, 0) is 31.0 Å². The molecule has 4 heteroatoms. The highest BCUT2D eigenvalue weighted by atomic mass is 16.5. The number of carbonyl (C=O) groups is 1. The van der Waals surface area contributed by atoms with Gasteiger partial charge < -0.3 is 15.2 Å². The molecular formula is C13H19NO3. The molecule has 0 aliphatic carbocycles. The van der Waals surface area contributed by atoms with Crippen LogP contribution in [0.2, 0.25) is 0 Å². The fourth-order valence-electron chi connectivity index (χ4n) is 1.70. The predicted molar refractivity (Wildman–Crippen MR) is 65.8 cm³/mol. The Morgan fingerprint density at radius 2 is 2.00 bits per heavy atom. The lowest BCUT2D eigenvalue weighted by molar-refractivity contribution is -0.119. The van der Waals surface area contributed by atoms with E-state index in [2.05, 4.69) is 5.32 Å². The molecule has 17 heavy (non-hydrogen) atoms. The third-order valence-electron chi connectivity index (χ3n) is 2.53. The van der Waals surface area contributed by atoms with Crippen LogP contribution in [0.25, 0.3) is 0 Å². The second-order valence-corrected chi connectivity index (χ2v) is 4.13. The third-order valence-corrected chi connectivity index (χ3v) is 2.53. The van der Waals surface area contributed by atoms with Gasteiger partial charge in [0, 0.05) is 13.0 Å². The van der Waals surface area contributed by atoms with Crippen LogP contribution in [0.1, 0.15) is 31.9 Å². The molecule has 1 aromatic carbocycles. The number of nitrogens with one attached hydrogen (secondary N) is 1. The van der Waals surface area contributed by atoms with Gasteiger partial charge in [-0.25, -0.2) is 0 Å². The van der Waals surface area contributed by atoms with E-state index in [1.807, 2.05) is 31.2 Å². The van der Waals surface area contributed by atoms with E-state index in [4.69, 9.17) is 4.74 Å². The lowest BCUT2D eigenvalue weighted by Crippen LogP contribution is -2.31. The third kappa shape index (κ3) is 4.44. The largest absolute Gasteiger partial charge is 0.497 e. The Hall–Kier alpha value is -1.55. The molecule has 94 valence electrons. The first-order valence-corrected chi connectivity index (χ1v) is 5.62. The van der Waals surface area contributed by atoms with E-state index < -0.39 is 6.10 Å². The Morgan fingerprint density at radius 1 is 1.41 bits per heavy atom. The summed E-state index contributed by atoms with van der Waals surface area (Å²) in [6, 6.07) is 7.21. The molecule has 0 spiro atoms. The van der Waals surface area contributed by atoms with E-state index in [0.29, 0.717) is 6.42 Å². The number of methoxy groups -OCH3 is 1. The first-order valence-electron chi connectivity index (χ1n) is 5.62. The van der Waals surface area contributed by atoms with Gasteiger partial charge in [0.15, 0.2) is 0 Å². The van der Waals surface area contributed by atoms with Crippen LogP contribution < -0.4 is 10.1 Å². The summed E-state index contributed by atoms with van der Waals surface area (Å²) in [5.74, 6) is 0.676. The number of amides is 1.